The van der Waals surface area contributed by atoms with Crippen molar-refractivity contribution in [3.05, 3.63) is 104 Å². The average Bonchev–Trinajstić information content (AvgIpc) is 3.42. The number of hydrazone groups is 1. The van der Waals surface area contributed by atoms with Gasteiger partial charge in [-0.1, -0.05) is 45.7 Å². The monoisotopic (exact) mass is 780 g/mol. The first-order valence-corrected chi connectivity index (χ1v) is 16.6. The molecule has 12 heteroatoms. The van der Waals surface area contributed by atoms with Gasteiger partial charge in [0.25, 0.3) is 5.91 Å². The second-order valence-electron chi connectivity index (χ2n) is 10.4. The Morgan fingerprint density at radius 1 is 0.957 bits per heavy atom. The number of esters is 1. The van der Waals surface area contributed by atoms with E-state index in [4.69, 9.17) is 25.8 Å². The Labute approximate surface area is 294 Å². The van der Waals surface area contributed by atoms with E-state index >= 15 is 0 Å². The van der Waals surface area contributed by atoms with Crippen LogP contribution < -0.4 is 24.5 Å². The van der Waals surface area contributed by atoms with Crippen LogP contribution in [0.2, 0.25) is 5.02 Å². The molecule has 0 atom stereocenters. The van der Waals surface area contributed by atoms with Gasteiger partial charge in [0.15, 0.2) is 17.2 Å². The van der Waals surface area contributed by atoms with E-state index in [1.54, 1.807) is 36.4 Å². The molecule has 9 nitrogen and oxygen atoms in total. The summed E-state index contributed by atoms with van der Waals surface area (Å²) in [6, 6.07) is 21.6. The molecule has 0 saturated heterocycles. The number of ether oxygens (including phenoxy) is 3. The van der Waals surface area contributed by atoms with Crippen LogP contribution in [0.25, 0.3) is 22.0 Å². The van der Waals surface area contributed by atoms with Gasteiger partial charge < -0.3 is 24.1 Å². The van der Waals surface area contributed by atoms with Gasteiger partial charge in [-0.2, -0.15) is 5.10 Å². The Kier molecular flexibility index (Phi) is 10.9. The number of carbonyl (C=O) groups is 2. The molecule has 0 radical (unpaired) electrons. The molecule has 0 aliphatic carbocycles. The third-order valence-corrected chi connectivity index (χ3v) is 8.43. The SMILES string of the molecule is CCOc1ccc(C(=O)Oc2c(Br)cc(Br)cc2C=NNC(=O)c2[nH]c3ccc(N(C)C)cc3c2-c2ccccc2Cl)cc1OCC. The summed E-state index contributed by atoms with van der Waals surface area (Å²) in [5, 5.41) is 5.57. The zero-order valence-electron chi connectivity index (χ0n) is 26.0. The molecule has 1 aromatic heterocycles. The van der Waals surface area contributed by atoms with Crippen LogP contribution in [0.4, 0.5) is 5.69 Å². The number of rotatable bonds is 11. The number of nitrogens with one attached hydrogen (secondary N) is 2. The number of hydrogen-bond acceptors (Lipinski definition) is 7. The van der Waals surface area contributed by atoms with Crippen molar-refractivity contribution in [2.75, 3.05) is 32.2 Å². The molecule has 0 bridgehead atoms. The molecule has 47 heavy (non-hydrogen) atoms. The van der Waals surface area contributed by atoms with Crippen LogP contribution in [0.1, 0.15) is 40.3 Å². The number of aromatic amines is 1. The van der Waals surface area contributed by atoms with Gasteiger partial charge in [0, 0.05) is 56.9 Å². The number of fused-ring (bicyclic) bond motifs is 1. The van der Waals surface area contributed by atoms with Gasteiger partial charge in [0.05, 0.1) is 29.5 Å². The fraction of sp³-hybridized carbons (Fsp3) is 0.171. The van der Waals surface area contributed by atoms with Gasteiger partial charge in [-0.15, -0.1) is 0 Å². The van der Waals surface area contributed by atoms with Crippen LogP contribution in [-0.2, 0) is 0 Å². The summed E-state index contributed by atoms with van der Waals surface area (Å²) in [6.45, 7) is 4.57. The molecule has 5 aromatic rings. The number of H-pyrrole nitrogens is 1. The zero-order valence-corrected chi connectivity index (χ0v) is 29.9. The van der Waals surface area contributed by atoms with E-state index < -0.39 is 11.9 Å². The van der Waals surface area contributed by atoms with Crippen LogP contribution in [0.3, 0.4) is 0 Å². The molecule has 1 amide bonds. The van der Waals surface area contributed by atoms with E-state index in [2.05, 4.69) is 47.4 Å². The zero-order chi connectivity index (χ0) is 33.7. The van der Waals surface area contributed by atoms with Gasteiger partial charge in [0.2, 0.25) is 0 Å². The fourth-order valence-corrected chi connectivity index (χ4v) is 6.47. The van der Waals surface area contributed by atoms with Crippen molar-refractivity contribution in [2.45, 2.75) is 13.8 Å². The highest BCUT2D eigenvalue weighted by Gasteiger charge is 2.22. The lowest BCUT2D eigenvalue weighted by Gasteiger charge is -2.13. The van der Waals surface area contributed by atoms with Crippen molar-refractivity contribution in [3.63, 3.8) is 0 Å². The molecule has 4 aromatic carbocycles. The number of amides is 1. The maximum Gasteiger partial charge on any atom is 0.343 e. The molecule has 1 heterocycles. The minimum Gasteiger partial charge on any atom is -0.490 e. The summed E-state index contributed by atoms with van der Waals surface area (Å²) in [5.41, 5.74) is 6.70. The predicted octanol–water partition coefficient (Wildman–Crippen LogP) is 8.86. The minimum atomic E-state index is -0.615. The van der Waals surface area contributed by atoms with Crippen molar-refractivity contribution in [3.8, 4) is 28.4 Å². The molecule has 5 rings (SSSR count). The van der Waals surface area contributed by atoms with Gasteiger partial charge in [-0.3, -0.25) is 4.79 Å². The number of halogens is 3. The summed E-state index contributed by atoms with van der Waals surface area (Å²) < 4.78 is 18.3. The van der Waals surface area contributed by atoms with Gasteiger partial charge >= 0.3 is 5.97 Å². The van der Waals surface area contributed by atoms with Crippen LogP contribution in [0, 0.1) is 0 Å². The first kappa shape index (κ1) is 34.0. The molecule has 0 spiro atoms. The van der Waals surface area contributed by atoms with E-state index in [1.807, 2.05) is 69.2 Å². The Morgan fingerprint density at radius 3 is 2.43 bits per heavy atom. The molecule has 0 aliphatic rings. The van der Waals surface area contributed by atoms with Crippen molar-refractivity contribution < 1.29 is 23.8 Å². The number of benzene rings is 4. The first-order chi connectivity index (χ1) is 22.6. The first-order valence-electron chi connectivity index (χ1n) is 14.6. The normalized spacial score (nSPS) is 11.1. The summed E-state index contributed by atoms with van der Waals surface area (Å²) >= 11 is 13.6. The highest BCUT2D eigenvalue weighted by molar-refractivity contribution is 9.11. The van der Waals surface area contributed by atoms with E-state index in [0.29, 0.717) is 61.1 Å². The second kappa shape index (κ2) is 15.1. The van der Waals surface area contributed by atoms with Crippen molar-refractivity contribution in [2.24, 2.45) is 5.10 Å². The van der Waals surface area contributed by atoms with Gasteiger partial charge in [-0.05, 0) is 84.4 Å². The quantitative estimate of drug-likeness (QED) is 0.0601. The van der Waals surface area contributed by atoms with Gasteiger partial charge in [-0.25, -0.2) is 10.2 Å². The third-order valence-electron chi connectivity index (χ3n) is 7.05. The Balaban J connectivity index is 1.44. The molecule has 0 fully saturated rings. The number of anilines is 1. The van der Waals surface area contributed by atoms with E-state index in [9.17, 15) is 9.59 Å². The highest BCUT2D eigenvalue weighted by atomic mass is 79.9. The Bertz CT molecular complexity index is 1990. The lowest BCUT2D eigenvalue weighted by Crippen LogP contribution is -2.19. The molecule has 0 aliphatic heterocycles. The third kappa shape index (κ3) is 7.64. The molecular formula is C35H31Br2ClN4O5. The maximum atomic E-state index is 13.6. The largest absolute Gasteiger partial charge is 0.490 e. The van der Waals surface area contributed by atoms with E-state index in [0.717, 1.165) is 16.6 Å². The fourth-order valence-electron chi connectivity index (χ4n) is 4.90. The average molecular weight is 783 g/mol. The topological polar surface area (TPSA) is 105 Å². The summed E-state index contributed by atoms with van der Waals surface area (Å²) in [4.78, 5) is 32.1. The predicted molar refractivity (Wildman–Crippen MR) is 194 cm³/mol. The number of aromatic nitrogens is 1. The smallest absolute Gasteiger partial charge is 0.343 e. The van der Waals surface area contributed by atoms with Gasteiger partial charge in [0.1, 0.15) is 5.69 Å². The lowest BCUT2D eigenvalue weighted by molar-refractivity contribution is 0.0732. The van der Waals surface area contributed by atoms with Crippen molar-refractivity contribution in [1.29, 1.82) is 0 Å². The van der Waals surface area contributed by atoms with Crippen molar-refractivity contribution >= 4 is 78.1 Å². The minimum absolute atomic E-state index is 0.210. The van der Waals surface area contributed by atoms with E-state index in [1.165, 1.54) is 6.21 Å². The number of nitrogens with zero attached hydrogens (tertiary/aromatic N) is 2. The highest BCUT2D eigenvalue weighted by Crippen LogP contribution is 2.38. The summed E-state index contributed by atoms with van der Waals surface area (Å²) in [7, 11) is 3.90. The Hall–Kier alpha value is -4.32. The number of hydrogen-bond donors (Lipinski definition) is 2. The summed E-state index contributed by atoms with van der Waals surface area (Å²) in [6.07, 6.45) is 1.40. The Morgan fingerprint density at radius 2 is 1.70 bits per heavy atom. The molecule has 0 unspecified atom stereocenters. The standard InChI is InChI=1S/C35H31Br2ClN4O5/c1-5-45-29-14-11-20(16-30(29)46-6-2)35(44)47-33-21(15-22(36)17-26(33)37)19-39-41-34(43)32-31(24-9-7-8-10-27(24)38)25-18-23(42(3)4)12-13-28(25)40-32/h7-19,40H,5-6H2,1-4H3,(H,41,43). The van der Waals surface area contributed by atoms with Crippen LogP contribution in [0.5, 0.6) is 17.2 Å². The lowest BCUT2D eigenvalue weighted by atomic mass is 10.0. The maximum absolute atomic E-state index is 13.6. The van der Waals surface area contributed by atoms with Crippen LogP contribution in [0.15, 0.2) is 86.8 Å². The van der Waals surface area contributed by atoms with Crippen LogP contribution in [-0.4, -0.2) is 50.4 Å². The molecule has 0 saturated carbocycles. The molecule has 242 valence electrons. The number of carbonyl (C=O) groups excluding carboxylic acids is 2. The van der Waals surface area contributed by atoms with E-state index in [-0.39, 0.29) is 11.3 Å². The van der Waals surface area contributed by atoms with Crippen molar-refractivity contribution in [1.82, 2.24) is 10.4 Å². The molecular weight excluding hydrogens is 752 g/mol. The molecule has 2 N–H and O–H groups in total. The summed E-state index contributed by atoms with van der Waals surface area (Å²) in [5.74, 6) is 0.0837. The second-order valence-corrected chi connectivity index (χ2v) is 12.6. The van der Waals surface area contributed by atoms with Crippen LogP contribution >= 0.6 is 43.5 Å².